The van der Waals surface area contributed by atoms with Gasteiger partial charge in [-0.2, -0.15) is 5.10 Å². The summed E-state index contributed by atoms with van der Waals surface area (Å²) >= 11 is 0. The van der Waals surface area contributed by atoms with Gasteiger partial charge in [-0.15, -0.1) is 0 Å². The molecule has 2 heterocycles. The van der Waals surface area contributed by atoms with E-state index >= 15 is 0 Å². The third-order valence-electron chi connectivity index (χ3n) is 3.42. The van der Waals surface area contributed by atoms with E-state index in [1.807, 2.05) is 10.9 Å². The van der Waals surface area contributed by atoms with Crippen molar-refractivity contribution in [1.29, 1.82) is 0 Å². The highest BCUT2D eigenvalue weighted by Gasteiger charge is 2.34. The maximum Gasteiger partial charge on any atom is 0.106 e. The molecule has 0 aromatic carbocycles. The van der Waals surface area contributed by atoms with Gasteiger partial charge in [-0.3, -0.25) is 4.68 Å². The largest absolute Gasteiger partial charge is 0.378 e. The topological polar surface area (TPSA) is 48.3 Å². The predicted octanol–water partition coefficient (Wildman–Crippen LogP) is 1.19. The number of ether oxygens (including phenoxy) is 2. The molecule has 5 heteroatoms. The Kier molecular flexibility index (Phi) is 4.74. The number of aryl methyl sites for hydroxylation is 1. The molecule has 102 valence electrons. The zero-order valence-electron chi connectivity index (χ0n) is 11.3. The number of aromatic nitrogens is 2. The van der Waals surface area contributed by atoms with E-state index < -0.39 is 0 Å². The Hall–Kier alpha value is -0.910. The van der Waals surface area contributed by atoms with E-state index in [-0.39, 0.29) is 5.60 Å². The van der Waals surface area contributed by atoms with Gasteiger partial charge in [0.1, 0.15) is 5.60 Å². The van der Waals surface area contributed by atoms with Crippen LogP contribution >= 0.6 is 0 Å². The number of hydrogen-bond donors (Lipinski definition) is 1. The van der Waals surface area contributed by atoms with Crippen molar-refractivity contribution in [1.82, 2.24) is 15.1 Å². The first-order valence-electron chi connectivity index (χ1n) is 6.63. The third kappa shape index (κ3) is 3.31. The van der Waals surface area contributed by atoms with Crippen molar-refractivity contribution in [3.63, 3.8) is 0 Å². The third-order valence-corrected chi connectivity index (χ3v) is 3.42. The zero-order valence-corrected chi connectivity index (χ0v) is 11.3. The van der Waals surface area contributed by atoms with Gasteiger partial charge < -0.3 is 14.8 Å². The van der Waals surface area contributed by atoms with Gasteiger partial charge in [-0.05, 0) is 6.42 Å². The Balaban J connectivity index is 1.76. The molecule has 1 N–H and O–H groups in total. The highest BCUT2D eigenvalue weighted by atomic mass is 16.5. The van der Waals surface area contributed by atoms with E-state index in [2.05, 4.69) is 23.5 Å². The molecular formula is C13H23N3O2. The van der Waals surface area contributed by atoms with E-state index in [0.717, 1.165) is 39.1 Å². The lowest BCUT2D eigenvalue weighted by molar-refractivity contribution is -0.0159. The molecule has 1 atom stereocenters. The van der Waals surface area contributed by atoms with Crippen LogP contribution < -0.4 is 5.32 Å². The minimum absolute atomic E-state index is 0.139. The van der Waals surface area contributed by atoms with Crippen molar-refractivity contribution in [3.8, 4) is 0 Å². The van der Waals surface area contributed by atoms with E-state index in [0.29, 0.717) is 6.61 Å². The van der Waals surface area contributed by atoms with Crippen LogP contribution in [-0.4, -0.2) is 42.2 Å². The molecule has 0 amide bonds. The van der Waals surface area contributed by atoms with Crippen LogP contribution in [0.15, 0.2) is 12.4 Å². The molecule has 18 heavy (non-hydrogen) atoms. The van der Waals surface area contributed by atoms with Gasteiger partial charge in [-0.25, -0.2) is 0 Å². The molecule has 1 saturated heterocycles. The van der Waals surface area contributed by atoms with Gasteiger partial charge in [-0.1, -0.05) is 6.92 Å². The van der Waals surface area contributed by atoms with Crippen LogP contribution in [0.25, 0.3) is 0 Å². The number of methoxy groups -OCH3 is 1. The fraction of sp³-hybridized carbons (Fsp3) is 0.769. The number of nitrogens with zero attached hydrogens (tertiary/aromatic N) is 2. The summed E-state index contributed by atoms with van der Waals surface area (Å²) in [4.78, 5) is 0. The van der Waals surface area contributed by atoms with Crippen LogP contribution in [0.3, 0.4) is 0 Å². The fourth-order valence-corrected chi connectivity index (χ4v) is 2.24. The second-order valence-electron chi connectivity index (χ2n) is 4.90. The van der Waals surface area contributed by atoms with Crippen molar-refractivity contribution in [2.45, 2.75) is 38.5 Å². The van der Waals surface area contributed by atoms with Crippen molar-refractivity contribution >= 4 is 0 Å². The molecular weight excluding hydrogens is 230 g/mol. The summed E-state index contributed by atoms with van der Waals surface area (Å²) in [6.07, 6.45) is 6.10. The Bertz CT molecular complexity index is 359. The standard InChI is InChI=1S/C13H23N3O2/c1-3-5-16-9-12(8-15-16)7-14-10-13(17-2)4-6-18-11-13/h8-9,14H,3-7,10-11H2,1-2H3. The number of nitrogens with one attached hydrogen (secondary N) is 1. The lowest BCUT2D eigenvalue weighted by Crippen LogP contribution is -2.42. The lowest BCUT2D eigenvalue weighted by Gasteiger charge is -2.25. The predicted molar refractivity (Wildman–Crippen MR) is 69.4 cm³/mol. The second-order valence-corrected chi connectivity index (χ2v) is 4.90. The van der Waals surface area contributed by atoms with Gasteiger partial charge in [0.15, 0.2) is 0 Å². The van der Waals surface area contributed by atoms with Gasteiger partial charge in [0.25, 0.3) is 0 Å². The smallest absolute Gasteiger partial charge is 0.106 e. The SMILES string of the molecule is CCCn1cc(CNCC2(OC)CCOC2)cn1. The Labute approximate surface area is 108 Å². The summed E-state index contributed by atoms with van der Waals surface area (Å²) in [5.74, 6) is 0. The Morgan fingerprint density at radius 3 is 3.17 bits per heavy atom. The summed E-state index contributed by atoms with van der Waals surface area (Å²) < 4.78 is 13.0. The minimum Gasteiger partial charge on any atom is -0.378 e. The monoisotopic (exact) mass is 253 g/mol. The Morgan fingerprint density at radius 2 is 2.50 bits per heavy atom. The highest BCUT2D eigenvalue weighted by Crippen LogP contribution is 2.21. The van der Waals surface area contributed by atoms with Crippen molar-refractivity contribution in [2.75, 3.05) is 26.9 Å². The maximum atomic E-state index is 5.57. The first-order chi connectivity index (χ1) is 8.78. The second kappa shape index (κ2) is 6.31. The number of rotatable bonds is 7. The molecule has 1 unspecified atom stereocenters. The van der Waals surface area contributed by atoms with Crippen molar-refractivity contribution in [3.05, 3.63) is 18.0 Å². The van der Waals surface area contributed by atoms with Crippen molar-refractivity contribution < 1.29 is 9.47 Å². The van der Waals surface area contributed by atoms with Crippen molar-refractivity contribution in [2.24, 2.45) is 0 Å². The summed E-state index contributed by atoms with van der Waals surface area (Å²) in [5.41, 5.74) is 1.08. The molecule has 2 rings (SSSR count). The van der Waals surface area contributed by atoms with Crippen LogP contribution in [0.1, 0.15) is 25.3 Å². The van der Waals surface area contributed by atoms with Gasteiger partial charge in [0, 0.05) is 51.5 Å². The summed E-state index contributed by atoms with van der Waals surface area (Å²) in [7, 11) is 1.76. The average molecular weight is 253 g/mol. The van der Waals surface area contributed by atoms with E-state index in [9.17, 15) is 0 Å². The molecule has 1 aromatic heterocycles. The molecule has 1 aliphatic rings. The minimum atomic E-state index is -0.139. The van der Waals surface area contributed by atoms with E-state index in [1.54, 1.807) is 7.11 Å². The average Bonchev–Trinajstić information content (AvgIpc) is 3.00. The van der Waals surface area contributed by atoms with Gasteiger partial charge >= 0.3 is 0 Å². The van der Waals surface area contributed by atoms with E-state index in [1.165, 1.54) is 5.56 Å². The fourth-order valence-electron chi connectivity index (χ4n) is 2.24. The van der Waals surface area contributed by atoms with Crippen LogP contribution in [0.5, 0.6) is 0 Å². The molecule has 0 saturated carbocycles. The molecule has 0 spiro atoms. The molecule has 0 bridgehead atoms. The van der Waals surface area contributed by atoms with Crippen LogP contribution in [0.2, 0.25) is 0 Å². The quantitative estimate of drug-likeness (QED) is 0.793. The lowest BCUT2D eigenvalue weighted by atomic mass is 10.0. The summed E-state index contributed by atoms with van der Waals surface area (Å²) in [6, 6.07) is 0. The molecule has 1 aliphatic heterocycles. The van der Waals surface area contributed by atoms with Crippen LogP contribution in [0.4, 0.5) is 0 Å². The van der Waals surface area contributed by atoms with Gasteiger partial charge in [0.2, 0.25) is 0 Å². The van der Waals surface area contributed by atoms with Gasteiger partial charge in [0.05, 0.1) is 12.8 Å². The van der Waals surface area contributed by atoms with E-state index in [4.69, 9.17) is 9.47 Å². The normalized spacial score (nSPS) is 23.7. The maximum absolute atomic E-state index is 5.57. The first-order valence-corrected chi connectivity index (χ1v) is 6.63. The number of hydrogen-bond acceptors (Lipinski definition) is 4. The molecule has 5 nitrogen and oxygen atoms in total. The van der Waals surface area contributed by atoms with Crippen LogP contribution in [-0.2, 0) is 22.6 Å². The summed E-state index contributed by atoms with van der Waals surface area (Å²) in [6.45, 7) is 6.27. The first kappa shape index (κ1) is 13.5. The zero-order chi connectivity index (χ0) is 12.8. The highest BCUT2D eigenvalue weighted by molar-refractivity contribution is 5.03. The molecule has 1 fully saturated rings. The Morgan fingerprint density at radius 1 is 1.61 bits per heavy atom. The molecule has 0 aliphatic carbocycles. The molecule has 0 radical (unpaired) electrons. The summed E-state index contributed by atoms with van der Waals surface area (Å²) in [5, 5.41) is 7.75. The molecule has 1 aromatic rings. The van der Waals surface area contributed by atoms with Crippen LogP contribution in [0, 0.1) is 0 Å².